The van der Waals surface area contributed by atoms with Gasteiger partial charge in [-0.1, -0.05) is 22.8 Å². The summed E-state index contributed by atoms with van der Waals surface area (Å²) in [5.74, 6) is 0.702. The third-order valence-electron chi connectivity index (χ3n) is 3.43. The van der Waals surface area contributed by atoms with Crippen LogP contribution in [0.3, 0.4) is 0 Å². The summed E-state index contributed by atoms with van der Waals surface area (Å²) >= 11 is 6.29. The highest BCUT2D eigenvalue weighted by atomic mass is 35.5. The molecule has 4 nitrogen and oxygen atoms in total. The quantitative estimate of drug-likeness (QED) is 0.799. The molecule has 0 saturated heterocycles. The van der Waals surface area contributed by atoms with Crippen molar-refractivity contribution in [1.82, 2.24) is 4.98 Å². The molecule has 0 bridgehead atoms. The van der Waals surface area contributed by atoms with E-state index in [1.165, 1.54) is 0 Å². The number of aryl methyl sites for hydroxylation is 1. The van der Waals surface area contributed by atoms with Crippen LogP contribution in [0.1, 0.15) is 29.5 Å². The van der Waals surface area contributed by atoms with Crippen molar-refractivity contribution in [1.29, 1.82) is 0 Å². The molecule has 3 rings (SSSR count). The second-order valence-electron chi connectivity index (χ2n) is 5.25. The molecule has 0 aliphatic carbocycles. The number of halogens is 1. The van der Waals surface area contributed by atoms with Gasteiger partial charge >= 0.3 is 0 Å². The largest absolute Gasteiger partial charge is 0.491 e. The number of hydrogen-bond donors (Lipinski definition) is 0. The van der Waals surface area contributed by atoms with E-state index in [1.807, 2.05) is 31.2 Å². The number of aromatic nitrogens is 1. The molecule has 1 aliphatic rings. The Labute approximate surface area is 134 Å². The molecule has 1 aromatic heterocycles. The number of oxime groups is 1. The van der Waals surface area contributed by atoms with E-state index in [-0.39, 0.29) is 0 Å². The van der Waals surface area contributed by atoms with Crippen LogP contribution in [-0.4, -0.2) is 17.3 Å². The molecule has 0 unspecified atom stereocenters. The van der Waals surface area contributed by atoms with Crippen molar-refractivity contribution >= 4 is 17.3 Å². The Morgan fingerprint density at radius 3 is 3.14 bits per heavy atom. The highest BCUT2D eigenvalue weighted by Crippen LogP contribution is 2.33. The summed E-state index contributed by atoms with van der Waals surface area (Å²) in [6.45, 7) is 3.04. The maximum Gasteiger partial charge on any atom is 0.147 e. The van der Waals surface area contributed by atoms with Crippen molar-refractivity contribution in [3.05, 3.63) is 58.4 Å². The number of rotatable bonds is 3. The maximum atomic E-state index is 6.29. The molecule has 2 heterocycles. The molecule has 0 N–H and O–H groups in total. The number of benzene rings is 1. The van der Waals surface area contributed by atoms with E-state index in [4.69, 9.17) is 21.2 Å². The first-order valence-corrected chi connectivity index (χ1v) is 7.63. The SMILES string of the molecule is Cc1cc(Cl)c2c(c1)/C(=N/OCc1cccnc1)CCCO2. The Bertz CT molecular complexity index is 687. The first-order valence-electron chi connectivity index (χ1n) is 7.25. The molecular weight excluding hydrogens is 300 g/mol. The topological polar surface area (TPSA) is 43.7 Å². The number of pyridine rings is 1. The molecule has 0 amide bonds. The zero-order chi connectivity index (χ0) is 15.4. The van der Waals surface area contributed by atoms with Crippen LogP contribution < -0.4 is 4.74 Å². The van der Waals surface area contributed by atoms with Gasteiger partial charge in [-0.15, -0.1) is 0 Å². The second-order valence-corrected chi connectivity index (χ2v) is 5.66. The fourth-order valence-corrected chi connectivity index (χ4v) is 2.73. The van der Waals surface area contributed by atoms with Crippen LogP contribution in [0.4, 0.5) is 0 Å². The first kappa shape index (κ1) is 14.9. The Morgan fingerprint density at radius 2 is 2.32 bits per heavy atom. The van der Waals surface area contributed by atoms with Crippen LogP contribution in [-0.2, 0) is 11.4 Å². The lowest BCUT2D eigenvalue weighted by atomic mass is 10.0. The minimum atomic E-state index is 0.396. The van der Waals surface area contributed by atoms with Crippen molar-refractivity contribution in [2.24, 2.45) is 5.16 Å². The molecule has 0 spiro atoms. The normalized spacial score (nSPS) is 15.8. The summed E-state index contributed by atoms with van der Waals surface area (Å²) in [4.78, 5) is 9.56. The van der Waals surface area contributed by atoms with Crippen molar-refractivity contribution in [2.45, 2.75) is 26.4 Å². The smallest absolute Gasteiger partial charge is 0.147 e. The highest BCUT2D eigenvalue weighted by molar-refractivity contribution is 6.33. The molecule has 114 valence electrons. The zero-order valence-electron chi connectivity index (χ0n) is 12.4. The zero-order valence-corrected chi connectivity index (χ0v) is 13.1. The third kappa shape index (κ3) is 3.39. The fourth-order valence-electron chi connectivity index (χ4n) is 2.40. The summed E-state index contributed by atoms with van der Waals surface area (Å²) < 4.78 is 5.75. The van der Waals surface area contributed by atoms with Gasteiger partial charge in [-0.05, 0) is 43.5 Å². The third-order valence-corrected chi connectivity index (χ3v) is 3.71. The van der Waals surface area contributed by atoms with E-state index in [0.717, 1.165) is 35.2 Å². The predicted octanol–water partition coefficient (Wildman–Crippen LogP) is 4.14. The van der Waals surface area contributed by atoms with Crippen LogP contribution >= 0.6 is 11.6 Å². The summed E-state index contributed by atoms with van der Waals surface area (Å²) in [6, 6.07) is 7.78. The van der Waals surface area contributed by atoms with Gasteiger partial charge in [0.05, 0.1) is 17.3 Å². The summed E-state index contributed by atoms with van der Waals surface area (Å²) in [6.07, 6.45) is 5.20. The summed E-state index contributed by atoms with van der Waals surface area (Å²) in [5.41, 5.74) is 3.86. The minimum Gasteiger partial charge on any atom is -0.491 e. The van der Waals surface area contributed by atoms with Crippen LogP contribution in [0.2, 0.25) is 5.02 Å². The van der Waals surface area contributed by atoms with E-state index in [2.05, 4.69) is 10.1 Å². The van der Waals surface area contributed by atoms with Crippen molar-refractivity contribution in [3.63, 3.8) is 0 Å². The van der Waals surface area contributed by atoms with Crippen LogP contribution in [0.5, 0.6) is 5.75 Å². The maximum absolute atomic E-state index is 6.29. The Morgan fingerprint density at radius 1 is 1.41 bits per heavy atom. The lowest BCUT2D eigenvalue weighted by molar-refractivity contribution is 0.130. The molecule has 0 saturated carbocycles. The van der Waals surface area contributed by atoms with Gasteiger partial charge in [0, 0.05) is 23.5 Å². The second kappa shape index (κ2) is 6.79. The van der Waals surface area contributed by atoms with Gasteiger partial charge < -0.3 is 9.57 Å². The van der Waals surface area contributed by atoms with Crippen LogP contribution in [0.15, 0.2) is 41.8 Å². The Balaban J connectivity index is 1.83. The van der Waals surface area contributed by atoms with Gasteiger partial charge in [0.15, 0.2) is 0 Å². The van der Waals surface area contributed by atoms with Gasteiger partial charge in [0.1, 0.15) is 12.4 Å². The first-order chi connectivity index (χ1) is 10.7. The molecule has 1 aromatic carbocycles. The van der Waals surface area contributed by atoms with Crippen LogP contribution in [0.25, 0.3) is 0 Å². The molecule has 1 aliphatic heterocycles. The van der Waals surface area contributed by atoms with E-state index < -0.39 is 0 Å². The molecule has 22 heavy (non-hydrogen) atoms. The predicted molar refractivity (Wildman–Crippen MR) is 86.5 cm³/mol. The summed E-state index contributed by atoms with van der Waals surface area (Å²) in [5, 5.41) is 4.93. The van der Waals surface area contributed by atoms with E-state index in [0.29, 0.717) is 24.0 Å². The highest BCUT2D eigenvalue weighted by Gasteiger charge is 2.19. The average Bonchev–Trinajstić information content (AvgIpc) is 2.71. The minimum absolute atomic E-state index is 0.396. The standard InChI is InChI=1S/C17H17ClN2O2/c1-12-8-14-16(5-3-7-21-17(14)15(18)9-12)20-22-11-13-4-2-6-19-10-13/h2,4,6,8-10H,3,5,7,11H2,1H3/b20-16+. The van der Waals surface area contributed by atoms with Crippen LogP contribution in [0, 0.1) is 6.92 Å². The van der Waals surface area contributed by atoms with Crippen molar-refractivity contribution in [2.75, 3.05) is 6.61 Å². The molecule has 0 radical (unpaired) electrons. The van der Waals surface area contributed by atoms with E-state index in [1.54, 1.807) is 12.4 Å². The van der Waals surface area contributed by atoms with Gasteiger partial charge in [-0.2, -0.15) is 0 Å². The lowest BCUT2D eigenvalue weighted by Gasteiger charge is -2.11. The van der Waals surface area contributed by atoms with Gasteiger partial charge in [0.25, 0.3) is 0 Å². The van der Waals surface area contributed by atoms with Gasteiger partial charge in [-0.3, -0.25) is 4.98 Å². The van der Waals surface area contributed by atoms with Gasteiger partial charge in [0.2, 0.25) is 0 Å². The van der Waals surface area contributed by atoms with Crippen molar-refractivity contribution < 1.29 is 9.57 Å². The molecule has 0 fully saturated rings. The number of ether oxygens (including phenoxy) is 1. The monoisotopic (exact) mass is 316 g/mol. The molecule has 0 atom stereocenters. The fraction of sp³-hybridized carbons (Fsp3) is 0.294. The molecule has 2 aromatic rings. The Kier molecular flexibility index (Phi) is 4.59. The number of fused-ring (bicyclic) bond motifs is 1. The van der Waals surface area contributed by atoms with Crippen molar-refractivity contribution in [3.8, 4) is 5.75 Å². The summed E-state index contributed by atoms with van der Waals surface area (Å²) in [7, 11) is 0. The lowest BCUT2D eigenvalue weighted by Crippen LogP contribution is -2.02. The van der Waals surface area contributed by atoms with E-state index in [9.17, 15) is 0 Å². The number of hydrogen-bond acceptors (Lipinski definition) is 4. The average molecular weight is 317 g/mol. The number of nitrogens with zero attached hydrogens (tertiary/aromatic N) is 2. The Hall–Kier alpha value is -2.07. The molecule has 5 heteroatoms. The van der Waals surface area contributed by atoms with Gasteiger partial charge in [-0.25, -0.2) is 0 Å². The molecular formula is C17H17ClN2O2. The van der Waals surface area contributed by atoms with E-state index >= 15 is 0 Å².